The fourth-order valence-electron chi connectivity index (χ4n) is 2.43. The fraction of sp³-hybridized carbons (Fsp3) is 0.312. The molecule has 0 saturated carbocycles. The van der Waals surface area contributed by atoms with Crippen molar-refractivity contribution in [1.29, 1.82) is 0 Å². The number of nitrogens with two attached hydrogens (primary N) is 1. The van der Waals surface area contributed by atoms with Crippen molar-refractivity contribution in [1.82, 2.24) is 20.0 Å². The van der Waals surface area contributed by atoms with Crippen molar-refractivity contribution in [3.8, 4) is 5.82 Å². The van der Waals surface area contributed by atoms with E-state index in [1.807, 2.05) is 37.4 Å². The van der Waals surface area contributed by atoms with Crippen LogP contribution in [-0.2, 0) is 6.42 Å². The molecule has 0 aliphatic rings. The van der Waals surface area contributed by atoms with Crippen molar-refractivity contribution in [2.24, 2.45) is 5.73 Å². The van der Waals surface area contributed by atoms with Gasteiger partial charge in [-0.25, -0.2) is 4.98 Å². The maximum Gasteiger partial charge on any atom is 0.158 e. The number of fused-ring (bicyclic) bond motifs is 1. The highest BCUT2D eigenvalue weighted by Crippen LogP contribution is 2.18. The van der Waals surface area contributed by atoms with Crippen LogP contribution in [0.4, 0.5) is 0 Å². The highest BCUT2D eigenvalue weighted by Gasteiger charge is 2.11. The Bertz CT molecular complexity index is 762. The van der Waals surface area contributed by atoms with Crippen molar-refractivity contribution in [3.63, 3.8) is 0 Å². The molecule has 21 heavy (non-hydrogen) atoms. The third kappa shape index (κ3) is 2.64. The van der Waals surface area contributed by atoms with Crippen LogP contribution in [0.25, 0.3) is 16.9 Å². The molecule has 1 atom stereocenters. The van der Waals surface area contributed by atoms with Crippen LogP contribution in [0.5, 0.6) is 0 Å². The van der Waals surface area contributed by atoms with Crippen LogP contribution in [0, 0.1) is 6.92 Å². The summed E-state index contributed by atoms with van der Waals surface area (Å²) in [4.78, 5) is 4.56. The molecule has 108 valence electrons. The SMILES string of the molecule is CCC(N)Cc1cnc(-n2nnc3ccccc32)c(C)c1. The van der Waals surface area contributed by atoms with Gasteiger partial charge in [-0.05, 0) is 43.0 Å². The summed E-state index contributed by atoms with van der Waals surface area (Å²) < 4.78 is 1.79. The minimum absolute atomic E-state index is 0.184. The lowest BCUT2D eigenvalue weighted by atomic mass is 10.1. The van der Waals surface area contributed by atoms with E-state index in [4.69, 9.17) is 5.73 Å². The van der Waals surface area contributed by atoms with E-state index in [1.165, 1.54) is 0 Å². The lowest BCUT2D eigenvalue weighted by Crippen LogP contribution is -2.21. The number of rotatable bonds is 4. The van der Waals surface area contributed by atoms with E-state index in [1.54, 1.807) is 4.68 Å². The van der Waals surface area contributed by atoms with Gasteiger partial charge in [-0.1, -0.05) is 30.3 Å². The van der Waals surface area contributed by atoms with Gasteiger partial charge in [-0.3, -0.25) is 0 Å². The minimum atomic E-state index is 0.184. The van der Waals surface area contributed by atoms with E-state index in [0.29, 0.717) is 0 Å². The Balaban J connectivity index is 1.99. The number of pyridine rings is 1. The fourth-order valence-corrected chi connectivity index (χ4v) is 2.43. The summed E-state index contributed by atoms with van der Waals surface area (Å²) >= 11 is 0. The first kappa shape index (κ1) is 13.7. The van der Waals surface area contributed by atoms with Gasteiger partial charge in [-0.2, -0.15) is 4.68 Å². The molecule has 2 aromatic heterocycles. The Morgan fingerprint density at radius 1 is 1.29 bits per heavy atom. The number of aromatic nitrogens is 4. The van der Waals surface area contributed by atoms with Gasteiger partial charge in [0, 0.05) is 12.2 Å². The maximum absolute atomic E-state index is 6.01. The van der Waals surface area contributed by atoms with Crippen molar-refractivity contribution in [2.75, 3.05) is 0 Å². The van der Waals surface area contributed by atoms with Crippen LogP contribution < -0.4 is 5.73 Å². The predicted molar refractivity (Wildman–Crippen MR) is 83.4 cm³/mol. The largest absolute Gasteiger partial charge is 0.327 e. The molecule has 5 nitrogen and oxygen atoms in total. The summed E-state index contributed by atoms with van der Waals surface area (Å²) in [6.07, 6.45) is 3.70. The number of nitrogens with zero attached hydrogens (tertiary/aromatic N) is 4. The first-order valence-corrected chi connectivity index (χ1v) is 7.21. The van der Waals surface area contributed by atoms with Gasteiger partial charge in [0.05, 0.1) is 5.52 Å². The second-order valence-corrected chi connectivity index (χ2v) is 5.35. The highest BCUT2D eigenvalue weighted by atomic mass is 15.4. The van der Waals surface area contributed by atoms with Gasteiger partial charge in [0.2, 0.25) is 0 Å². The van der Waals surface area contributed by atoms with Gasteiger partial charge in [-0.15, -0.1) is 5.10 Å². The van der Waals surface area contributed by atoms with Gasteiger partial charge in [0.1, 0.15) is 5.52 Å². The minimum Gasteiger partial charge on any atom is -0.327 e. The molecule has 0 bridgehead atoms. The van der Waals surface area contributed by atoms with Crippen molar-refractivity contribution in [2.45, 2.75) is 32.7 Å². The maximum atomic E-state index is 6.01. The predicted octanol–water partition coefficient (Wildman–Crippen LogP) is 2.40. The number of hydrogen-bond acceptors (Lipinski definition) is 4. The molecule has 0 aliphatic heterocycles. The average molecular weight is 281 g/mol. The third-order valence-electron chi connectivity index (χ3n) is 3.68. The van der Waals surface area contributed by atoms with Crippen molar-refractivity contribution >= 4 is 11.0 Å². The van der Waals surface area contributed by atoms with Gasteiger partial charge in [0.15, 0.2) is 5.82 Å². The van der Waals surface area contributed by atoms with Crippen molar-refractivity contribution < 1.29 is 0 Å². The number of para-hydroxylation sites is 1. The van der Waals surface area contributed by atoms with Crippen LogP contribution in [0.2, 0.25) is 0 Å². The first-order chi connectivity index (χ1) is 10.2. The average Bonchev–Trinajstić information content (AvgIpc) is 2.91. The molecule has 1 unspecified atom stereocenters. The van der Waals surface area contributed by atoms with Crippen LogP contribution >= 0.6 is 0 Å². The number of hydrogen-bond donors (Lipinski definition) is 1. The van der Waals surface area contributed by atoms with E-state index in [-0.39, 0.29) is 6.04 Å². The molecule has 0 amide bonds. The highest BCUT2D eigenvalue weighted by molar-refractivity contribution is 5.75. The zero-order chi connectivity index (χ0) is 14.8. The van der Waals surface area contributed by atoms with E-state index in [9.17, 15) is 0 Å². The Morgan fingerprint density at radius 3 is 2.86 bits per heavy atom. The topological polar surface area (TPSA) is 69.6 Å². The quantitative estimate of drug-likeness (QED) is 0.797. The van der Waals surface area contributed by atoms with Crippen LogP contribution in [0.15, 0.2) is 36.5 Å². The molecule has 0 fully saturated rings. The molecule has 3 rings (SSSR count). The number of benzene rings is 1. The van der Waals surface area contributed by atoms with Gasteiger partial charge >= 0.3 is 0 Å². The monoisotopic (exact) mass is 281 g/mol. The standard InChI is InChI=1S/C16H19N5/c1-3-13(17)9-12-8-11(2)16(18-10-12)21-15-7-5-4-6-14(15)19-20-21/h4-8,10,13H,3,9,17H2,1-2H3. The lowest BCUT2D eigenvalue weighted by molar-refractivity contribution is 0.644. The molecule has 1 aromatic carbocycles. The molecule has 0 aliphatic carbocycles. The zero-order valence-corrected chi connectivity index (χ0v) is 12.3. The Morgan fingerprint density at radius 2 is 2.10 bits per heavy atom. The molecule has 0 radical (unpaired) electrons. The summed E-state index contributed by atoms with van der Waals surface area (Å²) in [5.41, 5.74) is 10.1. The van der Waals surface area contributed by atoms with Crippen LogP contribution in [0.1, 0.15) is 24.5 Å². The Hall–Kier alpha value is -2.27. The molecule has 2 heterocycles. The lowest BCUT2D eigenvalue weighted by Gasteiger charge is -2.11. The molecule has 5 heteroatoms. The molecular weight excluding hydrogens is 262 g/mol. The van der Waals surface area contributed by atoms with E-state index in [2.05, 4.69) is 28.3 Å². The molecule has 0 spiro atoms. The second kappa shape index (κ2) is 5.61. The van der Waals surface area contributed by atoms with Crippen molar-refractivity contribution in [3.05, 3.63) is 47.7 Å². The first-order valence-electron chi connectivity index (χ1n) is 7.21. The third-order valence-corrected chi connectivity index (χ3v) is 3.68. The van der Waals surface area contributed by atoms with Crippen LogP contribution in [-0.4, -0.2) is 26.0 Å². The smallest absolute Gasteiger partial charge is 0.158 e. The number of aryl methyl sites for hydroxylation is 1. The molecule has 2 N–H and O–H groups in total. The van der Waals surface area contributed by atoms with E-state index < -0.39 is 0 Å². The van der Waals surface area contributed by atoms with Gasteiger partial charge in [0.25, 0.3) is 0 Å². The molecular formula is C16H19N5. The van der Waals surface area contributed by atoms with Crippen LogP contribution in [0.3, 0.4) is 0 Å². The second-order valence-electron chi connectivity index (χ2n) is 5.35. The Kier molecular flexibility index (Phi) is 3.66. The molecule has 3 aromatic rings. The zero-order valence-electron chi connectivity index (χ0n) is 12.3. The summed E-state index contributed by atoms with van der Waals surface area (Å²) in [7, 11) is 0. The van der Waals surface area contributed by atoms with Gasteiger partial charge < -0.3 is 5.73 Å². The Labute approximate surface area is 123 Å². The summed E-state index contributed by atoms with van der Waals surface area (Å²) in [5.74, 6) is 0.817. The summed E-state index contributed by atoms with van der Waals surface area (Å²) in [5, 5.41) is 8.39. The van der Waals surface area contributed by atoms with E-state index in [0.717, 1.165) is 40.8 Å². The summed E-state index contributed by atoms with van der Waals surface area (Å²) in [6, 6.07) is 10.2. The van der Waals surface area contributed by atoms with E-state index >= 15 is 0 Å². The summed E-state index contributed by atoms with van der Waals surface area (Å²) in [6.45, 7) is 4.14. The normalized spacial score (nSPS) is 12.7. The molecule has 0 saturated heterocycles.